The first-order chi connectivity index (χ1) is 12.4. The predicted molar refractivity (Wildman–Crippen MR) is 97.8 cm³/mol. The number of anilines is 1. The lowest BCUT2D eigenvalue weighted by Gasteiger charge is -2.15. The molecule has 1 amide bonds. The summed E-state index contributed by atoms with van der Waals surface area (Å²) >= 11 is 0. The van der Waals surface area contributed by atoms with Crippen LogP contribution >= 0.6 is 0 Å². The Labute approximate surface area is 155 Å². The van der Waals surface area contributed by atoms with Gasteiger partial charge < -0.3 is 4.90 Å². The predicted octanol–water partition coefficient (Wildman–Crippen LogP) is 2.85. The highest BCUT2D eigenvalue weighted by Crippen LogP contribution is 2.28. The Kier molecular flexibility index (Phi) is 5.50. The number of rotatable bonds is 5. The van der Waals surface area contributed by atoms with Crippen molar-refractivity contribution in [1.29, 1.82) is 0 Å². The number of nitrogens with one attached hydrogen (secondary N) is 1. The van der Waals surface area contributed by atoms with Crippen LogP contribution in [0.4, 0.5) is 15.8 Å². The fourth-order valence-corrected chi connectivity index (χ4v) is 3.57. The van der Waals surface area contributed by atoms with Gasteiger partial charge in [-0.2, -0.15) is 0 Å². The van der Waals surface area contributed by atoms with Crippen LogP contribution in [-0.2, 0) is 10.0 Å². The van der Waals surface area contributed by atoms with Gasteiger partial charge >= 0.3 is 0 Å². The van der Waals surface area contributed by atoms with E-state index < -0.39 is 31.3 Å². The number of carbonyl (C=O) groups is 1. The van der Waals surface area contributed by atoms with Crippen LogP contribution in [0.3, 0.4) is 0 Å². The first-order valence-electron chi connectivity index (χ1n) is 7.73. The van der Waals surface area contributed by atoms with Gasteiger partial charge in [-0.1, -0.05) is 6.07 Å². The minimum atomic E-state index is -4.46. The third-order valence-electron chi connectivity index (χ3n) is 3.87. The van der Waals surface area contributed by atoms with Gasteiger partial charge in [-0.05, 0) is 37.6 Å². The van der Waals surface area contributed by atoms with Crippen LogP contribution in [-0.4, -0.2) is 38.2 Å². The molecule has 10 heteroatoms. The Morgan fingerprint density at radius 3 is 2.33 bits per heavy atom. The highest BCUT2D eigenvalue weighted by Gasteiger charge is 2.25. The Morgan fingerprint density at radius 2 is 1.78 bits per heavy atom. The molecule has 0 spiro atoms. The van der Waals surface area contributed by atoms with E-state index in [1.54, 1.807) is 27.1 Å². The van der Waals surface area contributed by atoms with Crippen molar-refractivity contribution < 1.29 is 22.5 Å². The molecule has 0 aliphatic heterocycles. The molecule has 0 aliphatic rings. The highest BCUT2D eigenvalue weighted by atomic mass is 32.2. The van der Waals surface area contributed by atoms with E-state index in [1.807, 2.05) is 0 Å². The summed E-state index contributed by atoms with van der Waals surface area (Å²) in [6.07, 6.45) is 0. The van der Waals surface area contributed by atoms with Gasteiger partial charge in [0.1, 0.15) is 10.7 Å². The van der Waals surface area contributed by atoms with Gasteiger partial charge in [-0.15, -0.1) is 0 Å². The lowest BCUT2D eigenvalue weighted by molar-refractivity contribution is -0.385. The molecule has 0 aromatic heterocycles. The maximum absolute atomic E-state index is 14.2. The third kappa shape index (κ3) is 4.22. The van der Waals surface area contributed by atoms with E-state index >= 15 is 0 Å². The second kappa shape index (κ2) is 7.31. The average Bonchev–Trinajstić information content (AvgIpc) is 2.55. The fraction of sp³-hybridized carbons (Fsp3) is 0.235. The van der Waals surface area contributed by atoms with Crippen molar-refractivity contribution in [3.8, 4) is 0 Å². The third-order valence-corrected chi connectivity index (χ3v) is 5.25. The van der Waals surface area contributed by atoms with E-state index in [2.05, 4.69) is 4.72 Å². The Bertz CT molecular complexity index is 1040. The Morgan fingerprint density at radius 1 is 1.15 bits per heavy atom. The fourth-order valence-electron chi connectivity index (χ4n) is 2.37. The zero-order chi connectivity index (χ0) is 20.5. The van der Waals surface area contributed by atoms with Gasteiger partial charge in [0.05, 0.1) is 10.6 Å². The van der Waals surface area contributed by atoms with Crippen molar-refractivity contribution in [1.82, 2.24) is 4.90 Å². The van der Waals surface area contributed by atoms with Crippen molar-refractivity contribution in [2.24, 2.45) is 0 Å². The molecular formula is C17H18FN3O5S. The van der Waals surface area contributed by atoms with Crippen molar-refractivity contribution >= 4 is 27.3 Å². The second-order valence-corrected chi connectivity index (χ2v) is 7.81. The van der Waals surface area contributed by atoms with E-state index in [0.29, 0.717) is 11.6 Å². The number of sulfonamides is 1. The number of benzene rings is 2. The van der Waals surface area contributed by atoms with Gasteiger partial charge in [0.2, 0.25) is 0 Å². The molecule has 0 fully saturated rings. The van der Waals surface area contributed by atoms with Crippen molar-refractivity contribution in [2.45, 2.75) is 18.7 Å². The van der Waals surface area contributed by atoms with Gasteiger partial charge in [-0.3, -0.25) is 19.6 Å². The maximum Gasteiger partial charge on any atom is 0.273 e. The summed E-state index contributed by atoms with van der Waals surface area (Å²) in [5, 5.41) is 11.0. The van der Waals surface area contributed by atoms with Crippen molar-refractivity contribution in [3.63, 3.8) is 0 Å². The molecule has 0 bridgehead atoms. The van der Waals surface area contributed by atoms with E-state index in [0.717, 1.165) is 6.07 Å². The summed E-state index contributed by atoms with van der Waals surface area (Å²) in [6.45, 7) is 2.92. The molecule has 0 saturated heterocycles. The average molecular weight is 395 g/mol. The largest absolute Gasteiger partial charge is 0.345 e. The molecule has 8 nitrogen and oxygen atoms in total. The van der Waals surface area contributed by atoms with Crippen LogP contribution in [0.2, 0.25) is 0 Å². The first kappa shape index (κ1) is 20.3. The molecular weight excluding hydrogens is 377 g/mol. The number of halogens is 1. The van der Waals surface area contributed by atoms with Crippen molar-refractivity contribution in [2.75, 3.05) is 18.8 Å². The molecule has 0 atom stereocenters. The van der Waals surface area contributed by atoms with Crippen LogP contribution in [0.5, 0.6) is 0 Å². The topological polar surface area (TPSA) is 110 Å². The number of hydrogen-bond acceptors (Lipinski definition) is 5. The minimum Gasteiger partial charge on any atom is -0.345 e. The monoisotopic (exact) mass is 395 g/mol. The van der Waals surface area contributed by atoms with E-state index in [-0.39, 0.29) is 22.7 Å². The standard InChI is InChI=1S/C17H18FN3O5S/c1-10-5-6-12(17(22)20(3)4)8-14(10)19-27(25,26)16-9-15(21(23)24)11(2)7-13(16)18/h5-9,19H,1-4H3. The summed E-state index contributed by atoms with van der Waals surface area (Å²) in [4.78, 5) is 22.8. The number of nitro benzene ring substituents is 1. The summed E-state index contributed by atoms with van der Waals surface area (Å²) in [7, 11) is -1.36. The molecule has 144 valence electrons. The normalized spacial score (nSPS) is 11.1. The smallest absolute Gasteiger partial charge is 0.273 e. The van der Waals surface area contributed by atoms with Crippen LogP contribution in [0.15, 0.2) is 35.2 Å². The van der Waals surface area contributed by atoms with Gasteiger partial charge in [0, 0.05) is 31.3 Å². The molecule has 2 aromatic rings. The van der Waals surface area contributed by atoms with Crippen LogP contribution in [0, 0.1) is 29.8 Å². The molecule has 0 radical (unpaired) electrons. The minimum absolute atomic E-state index is 0.00575. The Hall–Kier alpha value is -3.01. The summed E-state index contributed by atoms with van der Waals surface area (Å²) < 4.78 is 41.6. The first-order valence-corrected chi connectivity index (χ1v) is 9.22. The lowest BCUT2D eigenvalue weighted by atomic mass is 10.1. The summed E-state index contributed by atoms with van der Waals surface area (Å²) in [5.74, 6) is -1.45. The molecule has 27 heavy (non-hydrogen) atoms. The summed E-state index contributed by atoms with van der Waals surface area (Å²) in [5.41, 5.74) is 0.302. The number of amides is 1. The van der Waals surface area contributed by atoms with E-state index in [9.17, 15) is 27.7 Å². The number of carbonyl (C=O) groups excluding carboxylic acids is 1. The highest BCUT2D eigenvalue weighted by molar-refractivity contribution is 7.92. The number of aryl methyl sites for hydroxylation is 2. The molecule has 2 rings (SSSR count). The SMILES string of the molecule is Cc1ccc(C(=O)N(C)C)cc1NS(=O)(=O)c1cc([N+](=O)[O-])c(C)cc1F. The van der Waals surface area contributed by atoms with Crippen molar-refractivity contribution in [3.05, 3.63) is 63.0 Å². The zero-order valence-corrected chi connectivity index (χ0v) is 15.9. The maximum atomic E-state index is 14.2. The Balaban J connectivity index is 2.51. The molecule has 0 aliphatic carbocycles. The number of nitro groups is 1. The second-order valence-electron chi connectivity index (χ2n) is 6.16. The quantitative estimate of drug-likeness (QED) is 0.618. The van der Waals surface area contributed by atoms with Crippen LogP contribution < -0.4 is 4.72 Å². The zero-order valence-electron chi connectivity index (χ0n) is 15.1. The molecule has 1 N–H and O–H groups in total. The van der Waals surface area contributed by atoms with Crippen LogP contribution in [0.25, 0.3) is 0 Å². The lowest BCUT2D eigenvalue weighted by Crippen LogP contribution is -2.22. The molecule has 2 aromatic carbocycles. The summed E-state index contributed by atoms with van der Waals surface area (Å²) in [6, 6.07) is 5.88. The van der Waals surface area contributed by atoms with Crippen LogP contribution in [0.1, 0.15) is 21.5 Å². The molecule has 0 saturated carbocycles. The molecule has 0 unspecified atom stereocenters. The van der Waals surface area contributed by atoms with Gasteiger partial charge in [0.25, 0.3) is 21.6 Å². The van der Waals surface area contributed by atoms with E-state index in [4.69, 9.17) is 0 Å². The van der Waals surface area contributed by atoms with Gasteiger partial charge in [-0.25, -0.2) is 12.8 Å². The van der Waals surface area contributed by atoms with E-state index in [1.165, 1.54) is 24.0 Å². The molecule has 0 heterocycles. The number of nitrogens with zero attached hydrogens (tertiary/aromatic N) is 2. The number of hydrogen-bond donors (Lipinski definition) is 1. The van der Waals surface area contributed by atoms with Gasteiger partial charge in [0.15, 0.2) is 0 Å².